The molecule has 2 unspecified atom stereocenters. The van der Waals surface area contributed by atoms with Crippen molar-refractivity contribution in [3.63, 3.8) is 0 Å². The van der Waals surface area contributed by atoms with Crippen molar-refractivity contribution in [1.82, 2.24) is 0 Å². The first-order valence-electron chi connectivity index (χ1n) is 20.4. The third-order valence-corrected chi connectivity index (χ3v) is 11.5. The van der Waals surface area contributed by atoms with Crippen LogP contribution < -0.4 is 30.4 Å². The molecule has 0 aromatic heterocycles. The third-order valence-electron chi connectivity index (χ3n) is 11.5. The van der Waals surface area contributed by atoms with Gasteiger partial charge in [-0.25, -0.2) is 0 Å². The van der Waals surface area contributed by atoms with Crippen LogP contribution in [0.2, 0.25) is 0 Å². The van der Waals surface area contributed by atoms with Crippen molar-refractivity contribution in [1.29, 1.82) is 0 Å². The molecule has 59 heavy (non-hydrogen) atoms. The Labute approximate surface area is 350 Å². The quantitative estimate of drug-likeness (QED) is 0.0795. The Kier molecular flexibility index (Phi) is 13.4. The average Bonchev–Trinajstić information content (AvgIpc) is 3.24. The number of nitrogens with two attached hydrogens (primary N) is 2. The Hall–Kier alpha value is -5.76. The second-order valence-electron chi connectivity index (χ2n) is 17.1. The minimum Gasteiger partial charge on any atom is -0.508 e. The summed E-state index contributed by atoms with van der Waals surface area (Å²) < 4.78 is 24.1. The molecule has 6 rings (SSSR count). The number of aryl methyl sites for hydroxylation is 1. The summed E-state index contributed by atoms with van der Waals surface area (Å²) in [5.41, 5.74) is 20.5. The molecule has 0 heterocycles. The zero-order valence-corrected chi connectivity index (χ0v) is 35.6. The molecule has 2 atom stereocenters. The van der Waals surface area contributed by atoms with Gasteiger partial charge in [-0.05, 0) is 101 Å². The fourth-order valence-electron chi connectivity index (χ4n) is 7.13. The van der Waals surface area contributed by atoms with E-state index in [1.54, 1.807) is 12.1 Å². The van der Waals surface area contributed by atoms with Crippen LogP contribution in [0.4, 0.5) is 0 Å². The molecule has 0 aliphatic carbocycles. The van der Waals surface area contributed by atoms with Crippen molar-refractivity contribution in [3.8, 4) is 28.7 Å². The highest BCUT2D eigenvalue weighted by Crippen LogP contribution is 2.36. The van der Waals surface area contributed by atoms with Gasteiger partial charge < -0.3 is 35.5 Å². The first-order chi connectivity index (χ1) is 28.1. The summed E-state index contributed by atoms with van der Waals surface area (Å²) in [7, 11) is 0. The molecule has 7 heteroatoms. The topological polar surface area (TPSA) is 109 Å². The minimum atomic E-state index is -0.304. The molecule has 5 N–H and O–H groups in total. The molecule has 0 amide bonds. The molecule has 0 bridgehead atoms. The van der Waals surface area contributed by atoms with E-state index in [4.69, 9.17) is 30.4 Å². The molecule has 0 spiro atoms. The Bertz CT molecular complexity index is 2050. The summed E-state index contributed by atoms with van der Waals surface area (Å²) in [6.07, 6.45) is 0. The zero-order chi connectivity index (χ0) is 42.2. The predicted molar refractivity (Wildman–Crippen MR) is 239 cm³/mol. The van der Waals surface area contributed by atoms with E-state index in [-0.39, 0.29) is 34.1 Å². The monoisotopic (exact) mass is 792 g/mol. The van der Waals surface area contributed by atoms with Crippen LogP contribution in [0.5, 0.6) is 28.7 Å². The fraction of sp³-hybridized carbons (Fsp3) is 0.308. The van der Waals surface area contributed by atoms with Gasteiger partial charge in [-0.3, -0.25) is 0 Å². The van der Waals surface area contributed by atoms with Gasteiger partial charge in [-0.15, -0.1) is 0 Å². The fourth-order valence-corrected chi connectivity index (χ4v) is 7.13. The van der Waals surface area contributed by atoms with Crippen LogP contribution in [-0.4, -0.2) is 43.6 Å². The van der Waals surface area contributed by atoms with Crippen molar-refractivity contribution < 1.29 is 24.1 Å². The third kappa shape index (κ3) is 10.8. The normalized spacial score (nSPS) is 13.0. The van der Waals surface area contributed by atoms with Crippen molar-refractivity contribution in [2.45, 2.75) is 76.8 Å². The smallest absolute Gasteiger partial charge is 0.119 e. The molecule has 0 radical (unpaired) electrons. The maximum Gasteiger partial charge on any atom is 0.119 e. The summed E-state index contributed by atoms with van der Waals surface area (Å²) in [5, 5.41) is 9.67. The van der Waals surface area contributed by atoms with Gasteiger partial charge >= 0.3 is 0 Å². The van der Waals surface area contributed by atoms with Crippen LogP contribution in [0.25, 0.3) is 0 Å². The second-order valence-corrected chi connectivity index (χ2v) is 17.1. The molecule has 308 valence electrons. The summed E-state index contributed by atoms with van der Waals surface area (Å²) in [5.74, 6) is 3.32. The van der Waals surface area contributed by atoms with Crippen LogP contribution in [0.3, 0.4) is 0 Å². The summed E-state index contributed by atoms with van der Waals surface area (Å²) in [6.45, 7) is 16.7. The number of phenolic OH excluding ortho intramolecular Hbond substituents is 1. The molecule has 0 aliphatic rings. The van der Waals surface area contributed by atoms with E-state index in [0.717, 1.165) is 45.3 Å². The highest BCUT2D eigenvalue weighted by molar-refractivity contribution is 5.44. The van der Waals surface area contributed by atoms with Crippen molar-refractivity contribution in [2.24, 2.45) is 11.5 Å². The lowest BCUT2D eigenvalue weighted by Crippen LogP contribution is -2.34. The highest BCUT2D eigenvalue weighted by Gasteiger charge is 2.25. The van der Waals surface area contributed by atoms with Crippen LogP contribution in [0.1, 0.15) is 80.5 Å². The van der Waals surface area contributed by atoms with E-state index in [1.807, 2.05) is 60.7 Å². The molecule has 7 nitrogen and oxygen atoms in total. The van der Waals surface area contributed by atoms with Crippen molar-refractivity contribution in [2.75, 3.05) is 26.4 Å². The number of phenols is 1. The van der Waals surface area contributed by atoms with Gasteiger partial charge in [0.05, 0.1) is 12.1 Å². The van der Waals surface area contributed by atoms with Crippen molar-refractivity contribution in [3.05, 3.63) is 185 Å². The van der Waals surface area contributed by atoms with E-state index in [2.05, 4.69) is 121 Å². The predicted octanol–water partition coefficient (Wildman–Crippen LogP) is 10.2. The lowest BCUT2D eigenvalue weighted by atomic mass is 9.78. The maximum atomic E-state index is 9.67. The molecular weight excluding hydrogens is 733 g/mol. The van der Waals surface area contributed by atoms with E-state index < -0.39 is 0 Å². The van der Waals surface area contributed by atoms with Crippen molar-refractivity contribution >= 4 is 0 Å². The first kappa shape index (κ1) is 42.8. The molecule has 0 aliphatic heterocycles. The van der Waals surface area contributed by atoms with Crippen LogP contribution >= 0.6 is 0 Å². The maximum absolute atomic E-state index is 9.67. The van der Waals surface area contributed by atoms with Gasteiger partial charge in [0.2, 0.25) is 0 Å². The molecule has 6 aromatic rings. The standard InChI is InChI=1S/C52H60N2O5/c1-36-8-10-37(11-9-36)50(2,3)39-14-24-46(25-15-39)56-32-43(53)34-58-48-28-18-41(19-29-48)52(6,7)42-20-30-49(31-21-42)59-35-44(54)33-57-47-26-16-40(17-27-47)51(4,5)38-12-22-45(55)23-13-38/h8-31,43-44,55H,32-35,53-54H2,1-7H3. The van der Waals surface area contributed by atoms with E-state index >= 15 is 0 Å². The summed E-state index contributed by atoms with van der Waals surface area (Å²) in [6, 6.07) is 48.2. The largest absolute Gasteiger partial charge is 0.508 e. The Morgan fingerprint density at radius 2 is 0.576 bits per heavy atom. The number of hydrogen-bond donors (Lipinski definition) is 3. The molecular formula is C52H60N2O5. The molecule has 6 aromatic carbocycles. The highest BCUT2D eigenvalue weighted by atomic mass is 16.5. The van der Waals surface area contributed by atoms with Gasteiger partial charge in [-0.2, -0.15) is 0 Å². The van der Waals surface area contributed by atoms with Crippen LogP contribution in [-0.2, 0) is 16.2 Å². The lowest BCUT2D eigenvalue weighted by Gasteiger charge is -2.27. The number of benzene rings is 6. The Morgan fingerprint density at radius 3 is 0.814 bits per heavy atom. The van der Waals surface area contributed by atoms with Gasteiger partial charge in [-0.1, -0.05) is 132 Å². The SMILES string of the molecule is Cc1ccc(C(C)(C)c2ccc(OCC(N)COc3ccc(C(C)(C)c4ccc(OCC(N)COc5ccc(C(C)(C)c6ccc(O)cc6)cc5)cc4)cc3)cc2)cc1. The van der Waals surface area contributed by atoms with Gasteiger partial charge in [0.25, 0.3) is 0 Å². The number of ether oxygens (including phenoxy) is 4. The lowest BCUT2D eigenvalue weighted by molar-refractivity contribution is 0.220. The second kappa shape index (κ2) is 18.4. The molecule has 0 fully saturated rings. The first-order valence-corrected chi connectivity index (χ1v) is 20.4. The number of aromatic hydroxyl groups is 1. The summed E-state index contributed by atoms with van der Waals surface area (Å²) in [4.78, 5) is 0. The van der Waals surface area contributed by atoms with Gasteiger partial charge in [0, 0.05) is 16.2 Å². The van der Waals surface area contributed by atoms with Crippen LogP contribution in [0.15, 0.2) is 146 Å². The Balaban J connectivity index is 0.919. The summed E-state index contributed by atoms with van der Waals surface area (Å²) >= 11 is 0. The number of hydrogen-bond acceptors (Lipinski definition) is 7. The van der Waals surface area contributed by atoms with Crippen LogP contribution in [0, 0.1) is 6.92 Å². The van der Waals surface area contributed by atoms with Gasteiger partial charge in [0.1, 0.15) is 55.2 Å². The molecule has 0 saturated heterocycles. The van der Waals surface area contributed by atoms with E-state index in [0.29, 0.717) is 26.4 Å². The minimum absolute atomic E-state index is 0.111. The van der Waals surface area contributed by atoms with Gasteiger partial charge in [0.15, 0.2) is 0 Å². The average molecular weight is 793 g/mol. The Morgan fingerprint density at radius 1 is 0.373 bits per heavy atom. The zero-order valence-electron chi connectivity index (χ0n) is 35.6. The number of rotatable bonds is 18. The van der Waals surface area contributed by atoms with E-state index in [9.17, 15) is 5.11 Å². The van der Waals surface area contributed by atoms with E-state index in [1.165, 1.54) is 16.7 Å². The molecule has 0 saturated carbocycles.